The topological polar surface area (TPSA) is 110 Å². The summed E-state index contributed by atoms with van der Waals surface area (Å²) in [4.78, 5) is 2.76. The van der Waals surface area contributed by atoms with Crippen molar-refractivity contribution in [1.29, 1.82) is 0 Å². The number of rotatable bonds is 5. The van der Waals surface area contributed by atoms with Crippen LogP contribution in [0.2, 0.25) is 0 Å². The van der Waals surface area contributed by atoms with E-state index in [1.807, 2.05) is 0 Å². The molecule has 0 fully saturated rings. The number of aryl methyl sites for hydroxylation is 1. The Kier molecular flexibility index (Phi) is 4.09. The molecule has 1 aromatic heterocycles. The molecular formula is C10H11FN4O4S2. The zero-order valence-electron chi connectivity index (χ0n) is 10.7. The van der Waals surface area contributed by atoms with E-state index in [1.54, 1.807) is 9.66 Å². The average molecular weight is 334 g/mol. The third-order valence-corrected chi connectivity index (χ3v) is 4.99. The van der Waals surface area contributed by atoms with Gasteiger partial charge in [-0.1, -0.05) is 6.07 Å². The molecule has 1 heterocycles. The Morgan fingerprint density at radius 1 is 1.10 bits per heavy atom. The third kappa shape index (κ3) is 3.64. The SMILES string of the molecule is Cn1cc(S(=O)(=O)NNS(=O)(=O)c2cccc(F)c2)cn1. The first-order valence-corrected chi connectivity index (χ1v) is 8.45. The molecular weight excluding hydrogens is 323 g/mol. The molecule has 8 nitrogen and oxygen atoms in total. The van der Waals surface area contributed by atoms with Gasteiger partial charge >= 0.3 is 0 Å². The highest BCUT2D eigenvalue weighted by Crippen LogP contribution is 2.10. The molecule has 0 aliphatic carbocycles. The van der Waals surface area contributed by atoms with Gasteiger partial charge in [0.25, 0.3) is 20.0 Å². The molecule has 0 aliphatic rings. The van der Waals surface area contributed by atoms with E-state index in [4.69, 9.17) is 0 Å². The van der Waals surface area contributed by atoms with Gasteiger partial charge in [0.2, 0.25) is 0 Å². The van der Waals surface area contributed by atoms with Crippen molar-refractivity contribution in [2.24, 2.45) is 7.05 Å². The first-order chi connectivity index (χ1) is 9.71. The predicted octanol–water partition coefficient (Wildman–Crippen LogP) is -0.269. The summed E-state index contributed by atoms with van der Waals surface area (Å²) in [5.41, 5.74) is 0. The lowest BCUT2D eigenvalue weighted by molar-refractivity contribution is 0.556. The minimum absolute atomic E-state index is 0.216. The first-order valence-electron chi connectivity index (χ1n) is 5.48. The molecule has 0 unspecified atom stereocenters. The summed E-state index contributed by atoms with van der Waals surface area (Å²) in [5, 5.41) is 3.67. The lowest BCUT2D eigenvalue weighted by Crippen LogP contribution is -2.41. The number of halogens is 1. The van der Waals surface area contributed by atoms with Crippen LogP contribution in [0.5, 0.6) is 0 Å². The maximum absolute atomic E-state index is 13.0. The van der Waals surface area contributed by atoms with Gasteiger partial charge in [-0.3, -0.25) is 4.68 Å². The van der Waals surface area contributed by atoms with Crippen LogP contribution in [0.25, 0.3) is 0 Å². The molecule has 11 heteroatoms. The van der Waals surface area contributed by atoms with E-state index in [9.17, 15) is 21.2 Å². The zero-order chi connectivity index (χ0) is 15.7. The van der Waals surface area contributed by atoms with Gasteiger partial charge in [0, 0.05) is 13.2 Å². The van der Waals surface area contributed by atoms with Crippen LogP contribution in [-0.4, -0.2) is 26.6 Å². The molecule has 0 radical (unpaired) electrons. The van der Waals surface area contributed by atoms with Crippen molar-refractivity contribution < 1.29 is 21.2 Å². The van der Waals surface area contributed by atoms with Gasteiger partial charge in [-0.2, -0.15) is 5.10 Å². The van der Waals surface area contributed by atoms with Crippen molar-refractivity contribution in [1.82, 2.24) is 19.4 Å². The van der Waals surface area contributed by atoms with Crippen molar-refractivity contribution in [2.75, 3.05) is 0 Å². The van der Waals surface area contributed by atoms with Crippen LogP contribution < -0.4 is 9.66 Å². The third-order valence-electron chi connectivity index (χ3n) is 2.41. The summed E-state index contributed by atoms with van der Waals surface area (Å²) in [6.07, 6.45) is 2.25. The Hall–Kier alpha value is -1.82. The van der Waals surface area contributed by atoms with Gasteiger partial charge in [0.05, 0.1) is 11.1 Å². The van der Waals surface area contributed by atoms with Crippen LogP contribution in [0.1, 0.15) is 0 Å². The number of hydrogen-bond acceptors (Lipinski definition) is 5. The van der Waals surface area contributed by atoms with E-state index >= 15 is 0 Å². The standard InChI is InChI=1S/C10H11FN4O4S2/c1-15-7-10(6-12-15)21(18,19)14-13-20(16,17)9-4-2-3-8(11)5-9/h2-7,13-14H,1H3. The van der Waals surface area contributed by atoms with Crippen LogP contribution in [0.4, 0.5) is 4.39 Å². The van der Waals surface area contributed by atoms with Crippen molar-refractivity contribution >= 4 is 20.0 Å². The fourth-order valence-electron chi connectivity index (χ4n) is 1.40. The molecule has 2 N–H and O–H groups in total. The summed E-state index contributed by atoms with van der Waals surface area (Å²) >= 11 is 0. The highest BCUT2D eigenvalue weighted by molar-refractivity contribution is 7.92. The van der Waals surface area contributed by atoms with E-state index < -0.39 is 30.8 Å². The van der Waals surface area contributed by atoms with Crippen LogP contribution >= 0.6 is 0 Å². The van der Waals surface area contributed by atoms with E-state index in [-0.39, 0.29) is 4.90 Å². The molecule has 21 heavy (non-hydrogen) atoms. The second-order valence-electron chi connectivity index (χ2n) is 4.02. The second-order valence-corrected chi connectivity index (χ2v) is 7.38. The number of aromatic nitrogens is 2. The maximum atomic E-state index is 13.0. The van der Waals surface area contributed by atoms with Gasteiger partial charge in [0.15, 0.2) is 0 Å². The number of sulfonamides is 2. The summed E-state index contributed by atoms with van der Waals surface area (Å²) in [6.45, 7) is 0. The van der Waals surface area contributed by atoms with Gasteiger partial charge in [-0.05, 0) is 18.2 Å². The van der Waals surface area contributed by atoms with Gasteiger partial charge < -0.3 is 0 Å². The van der Waals surface area contributed by atoms with Crippen LogP contribution in [0.15, 0.2) is 46.5 Å². The normalized spacial score (nSPS) is 12.5. The zero-order valence-corrected chi connectivity index (χ0v) is 12.3. The quantitative estimate of drug-likeness (QED) is 0.732. The molecule has 0 bridgehead atoms. The molecule has 1 aromatic carbocycles. The Balaban J connectivity index is 2.19. The number of hydrazine groups is 1. The van der Waals surface area contributed by atoms with Gasteiger partial charge in [0.1, 0.15) is 10.7 Å². The fourth-order valence-corrected chi connectivity index (χ4v) is 3.52. The molecule has 0 atom stereocenters. The van der Waals surface area contributed by atoms with E-state index in [1.165, 1.54) is 24.0 Å². The number of hydrogen-bond donors (Lipinski definition) is 2. The summed E-state index contributed by atoms with van der Waals surface area (Å²) < 4.78 is 61.6. The number of benzene rings is 1. The Bertz CT molecular complexity index is 861. The van der Waals surface area contributed by atoms with E-state index in [0.717, 1.165) is 24.4 Å². The predicted molar refractivity (Wildman–Crippen MR) is 70.3 cm³/mol. The largest absolute Gasteiger partial charge is 0.274 e. The lowest BCUT2D eigenvalue weighted by Gasteiger charge is -2.08. The monoisotopic (exact) mass is 334 g/mol. The molecule has 0 spiro atoms. The van der Waals surface area contributed by atoms with Crippen molar-refractivity contribution in [3.8, 4) is 0 Å². The van der Waals surface area contributed by atoms with Crippen molar-refractivity contribution in [3.63, 3.8) is 0 Å². The number of nitrogens with one attached hydrogen (secondary N) is 2. The molecule has 0 saturated carbocycles. The van der Waals surface area contributed by atoms with Crippen LogP contribution in [0.3, 0.4) is 0 Å². The van der Waals surface area contributed by atoms with Gasteiger partial charge in [-0.15, -0.1) is 9.66 Å². The summed E-state index contributed by atoms with van der Waals surface area (Å²) in [7, 11) is -6.82. The Morgan fingerprint density at radius 2 is 1.71 bits per heavy atom. The molecule has 0 aliphatic heterocycles. The molecule has 0 amide bonds. The van der Waals surface area contributed by atoms with Crippen LogP contribution in [0, 0.1) is 5.82 Å². The highest BCUT2D eigenvalue weighted by Gasteiger charge is 2.21. The number of nitrogens with zero attached hydrogens (tertiary/aromatic N) is 2. The highest BCUT2D eigenvalue weighted by atomic mass is 32.2. The minimum Gasteiger partial charge on any atom is -0.274 e. The Morgan fingerprint density at radius 3 is 2.24 bits per heavy atom. The lowest BCUT2D eigenvalue weighted by atomic mass is 10.4. The minimum atomic E-state index is -4.22. The van der Waals surface area contributed by atoms with E-state index in [0.29, 0.717) is 0 Å². The average Bonchev–Trinajstić information content (AvgIpc) is 2.84. The molecule has 2 aromatic rings. The molecule has 114 valence electrons. The summed E-state index contributed by atoms with van der Waals surface area (Å²) in [6, 6.07) is 4.16. The molecule has 2 rings (SSSR count). The second kappa shape index (κ2) is 5.52. The van der Waals surface area contributed by atoms with Crippen molar-refractivity contribution in [2.45, 2.75) is 9.79 Å². The maximum Gasteiger partial charge on any atom is 0.257 e. The molecule has 0 saturated heterocycles. The summed E-state index contributed by atoms with van der Waals surface area (Å²) in [5.74, 6) is -0.756. The smallest absolute Gasteiger partial charge is 0.257 e. The van der Waals surface area contributed by atoms with Gasteiger partial charge in [-0.25, -0.2) is 21.2 Å². The Labute approximate surface area is 120 Å². The van der Waals surface area contributed by atoms with E-state index in [2.05, 4.69) is 5.10 Å². The van der Waals surface area contributed by atoms with Crippen LogP contribution in [-0.2, 0) is 27.1 Å². The fraction of sp³-hybridized carbons (Fsp3) is 0.100. The first kappa shape index (κ1) is 15.6. The van der Waals surface area contributed by atoms with Crippen molar-refractivity contribution in [3.05, 3.63) is 42.5 Å².